The number of benzene rings is 1. The normalized spacial score (nSPS) is 12.5. The molecule has 16 heavy (non-hydrogen) atoms. The number of halogens is 2. The van der Waals surface area contributed by atoms with E-state index in [1.54, 1.807) is 12.1 Å². The highest BCUT2D eigenvalue weighted by atomic mass is 35.5. The highest BCUT2D eigenvalue weighted by molar-refractivity contribution is 6.31. The molecule has 0 radical (unpaired) electrons. The van der Waals surface area contributed by atoms with Gasteiger partial charge in [-0.05, 0) is 17.5 Å². The highest BCUT2D eigenvalue weighted by Gasteiger charge is 2.12. The Morgan fingerprint density at radius 2 is 2.19 bits per heavy atom. The summed E-state index contributed by atoms with van der Waals surface area (Å²) >= 11 is 5.78. The minimum Gasteiger partial charge on any atom is -0.299 e. The van der Waals surface area contributed by atoms with Crippen LogP contribution in [0.4, 0.5) is 4.39 Å². The highest BCUT2D eigenvalue weighted by Crippen LogP contribution is 2.21. The molecule has 1 nitrogen and oxygen atoms in total. The lowest BCUT2D eigenvalue weighted by molar-refractivity contribution is -0.119. The molecule has 1 unspecified atom stereocenters. The Balaban J connectivity index is 2.66. The molecule has 0 saturated carbocycles. The molecule has 1 aromatic carbocycles. The number of hydrogen-bond donors (Lipinski definition) is 0. The minimum absolute atomic E-state index is 0.0694. The first-order valence-corrected chi connectivity index (χ1v) is 5.87. The van der Waals surface area contributed by atoms with Crippen LogP contribution in [0, 0.1) is 11.7 Å². The van der Waals surface area contributed by atoms with Crippen molar-refractivity contribution in [2.75, 3.05) is 0 Å². The number of hydrogen-bond acceptors (Lipinski definition) is 1. The molecule has 0 saturated heterocycles. The lowest BCUT2D eigenvalue weighted by atomic mass is 9.98. The zero-order valence-electron chi connectivity index (χ0n) is 9.59. The summed E-state index contributed by atoms with van der Waals surface area (Å²) in [6, 6.07) is 4.57. The van der Waals surface area contributed by atoms with Gasteiger partial charge in [0.05, 0.1) is 5.02 Å². The minimum atomic E-state index is -0.462. The van der Waals surface area contributed by atoms with E-state index < -0.39 is 5.82 Å². The van der Waals surface area contributed by atoms with Crippen LogP contribution >= 0.6 is 11.6 Å². The van der Waals surface area contributed by atoms with Gasteiger partial charge in [-0.15, -0.1) is 0 Å². The van der Waals surface area contributed by atoms with Gasteiger partial charge >= 0.3 is 0 Å². The van der Waals surface area contributed by atoms with Crippen LogP contribution in [0.25, 0.3) is 0 Å². The summed E-state index contributed by atoms with van der Waals surface area (Å²) in [6.07, 6.45) is 1.73. The average Bonchev–Trinajstić information content (AvgIpc) is 2.24. The molecule has 0 heterocycles. The molecular formula is C13H16ClFO. The average molecular weight is 243 g/mol. The fourth-order valence-electron chi connectivity index (χ4n) is 1.50. The van der Waals surface area contributed by atoms with Gasteiger partial charge in [-0.25, -0.2) is 4.39 Å². The Bertz CT molecular complexity index is 376. The lowest BCUT2D eigenvalue weighted by Crippen LogP contribution is -2.08. The second kappa shape index (κ2) is 6.00. The van der Waals surface area contributed by atoms with E-state index in [2.05, 4.69) is 0 Å². The van der Waals surface area contributed by atoms with E-state index in [-0.39, 0.29) is 17.2 Å². The molecule has 1 rings (SSSR count). The maximum Gasteiger partial charge on any atom is 0.142 e. The molecule has 0 bridgehead atoms. The summed E-state index contributed by atoms with van der Waals surface area (Å²) in [5.74, 6) is 0.0252. The number of carbonyl (C=O) groups excluding carboxylic acids is 1. The lowest BCUT2D eigenvalue weighted by Gasteiger charge is -2.08. The first-order chi connectivity index (χ1) is 7.54. The fraction of sp³-hybridized carbons (Fsp3) is 0.462. The van der Waals surface area contributed by atoms with E-state index in [4.69, 9.17) is 11.6 Å². The summed E-state index contributed by atoms with van der Waals surface area (Å²) in [7, 11) is 0. The van der Waals surface area contributed by atoms with Crippen LogP contribution in [0.3, 0.4) is 0 Å². The number of carbonyl (C=O) groups is 1. The van der Waals surface area contributed by atoms with Crippen LogP contribution in [0.15, 0.2) is 18.2 Å². The van der Waals surface area contributed by atoms with Crippen LogP contribution in [0.2, 0.25) is 5.02 Å². The quantitative estimate of drug-likeness (QED) is 0.762. The number of ketones is 1. The molecule has 0 aromatic heterocycles. The molecule has 0 aliphatic heterocycles. The smallest absolute Gasteiger partial charge is 0.142 e. The van der Waals surface area contributed by atoms with Crippen LogP contribution in [-0.2, 0) is 11.2 Å². The molecular weight excluding hydrogens is 227 g/mol. The summed E-state index contributed by atoms with van der Waals surface area (Å²) in [4.78, 5) is 11.7. The molecule has 0 aliphatic carbocycles. The van der Waals surface area contributed by atoms with Crippen molar-refractivity contribution in [2.45, 2.75) is 33.1 Å². The third-order valence-corrected chi connectivity index (χ3v) is 3.12. The van der Waals surface area contributed by atoms with Crippen LogP contribution in [-0.4, -0.2) is 5.78 Å². The standard InChI is InChI=1S/C13H16ClFO/c1-3-9(2)7-11(16)8-10-5-4-6-12(15)13(10)14/h4-6,9H,3,7-8H2,1-2H3. The van der Waals surface area contributed by atoms with Crippen LogP contribution in [0.1, 0.15) is 32.3 Å². The molecule has 0 aliphatic rings. The Labute approximate surface area is 101 Å². The Kier molecular flexibility index (Phi) is 4.94. The predicted octanol–water partition coefficient (Wildman–Crippen LogP) is 4.03. The van der Waals surface area contributed by atoms with Crippen molar-refractivity contribution in [3.05, 3.63) is 34.6 Å². The van der Waals surface area contributed by atoms with E-state index in [0.717, 1.165) is 6.42 Å². The maximum absolute atomic E-state index is 13.1. The molecule has 0 N–H and O–H groups in total. The van der Waals surface area contributed by atoms with Gasteiger partial charge in [-0.1, -0.05) is 44.0 Å². The van der Waals surface area contributed by atoms with Gasteiger partial charge in [0.1, 0.15) is 11.6 Å². The zero-order chi connectivity index (χ0) is 12.1. The van der Waals surface area contributed by atoms with E-state index in [1.165, 1.54) is 6.07 Å². The van der Waals surface area contributed by atoms with E-state index in [0.29, 0.717) is 17.9 Å². The predicted molar refractivity (Wildman–Crippen MR) is 64.2 cm³/mol. The van der Waals surface area contributed by atoms with Crippen LogP contribution in [0.5, 0.6) is 0 Å². The molecule has 0 spiro atoms. The summed E-state index contributed by atoms with van der Waals surface area (Å²) in [5.41, 5.74) is 0.579. The summed E-state index contributed by atoms with van der Waals surface area (Å²) < 4.78 is 13.1. The maximum atomic E-state index is 13.1. The Hall–Kier alpha value is -0.890. The van der Waals surface area contributed by atoms with Crippen LogP contribution < -0.4 is 0 Å². The molecule has 3 heteroatoms. The van der Waals surface area contributed by atoms with Gasteiger partial charge < -0.3 is 0 Å². The monoisotopic (exact) mass is 242 g/mol. The zero-order valence-corrected chi connectivity index (χ0v) is 10.4. The van der Waals surface area contributed by atoms with Gasteiger partial charge in [-0.2, -0.15) is 0 Å². The van der Waals surface area contributed by atoms with Crippen molar-refractivity contribution in [3.63, 3.8) is 0 Å². The largest absolute Gasteiger partial charge is 0.299 e. The molecule has 0 fully saturated rings. The fourth-order valence-corrected chi connectivity index (χ4v) is 1.70. The Morgan fingerprint density at radius 1 is 1.50 bits per heavy atom. The summed E-state index contributed by atoms with van der Waals surface area (Å²) in [5, 5.41) is 0.0694. The molecule has 0 amide bonds. The first kappa shape index (κ1) is 13.2. The molecule has 88 valence electrons. The van der Waals surface area contributed by atoms with Crippen molar-refractivity contribution in [2.24, 2.45) is 5.92 Å². The van der Waals surface area contributed by atoms with Gasteiger partial charge in [0, 0.05) is 12.8 Å². The summed E-state index contributed by atoms with van der Waals surface area (Å²) in [6.45, 7) is 4.08. The van der Waals surface area contributed by atoms with Gasteiger partial charge in [-0.3, -0.25) is 4.79 Å². The Morgan fingerprint density at radius 3 is 2.81 bits per heavy atom. The van der Waals surface area contributed by atoms with Gasteiger partial charge in [0.25, 0.3) is 0 Å². The number of rotatable bonds is 5. The van der Waals surface area contributed by atoms with E-state index in [9.17, 15) is 9.18 Å². The second-order valence-electron chi connectivity index (χ2n) is 4.15. The number of Topliss-reactive ketones (excluding diaryl/α,β-unsaturated/α-hetero) is 1. The third-order valence-electron chi connectivity index (χ3n) is 2.69. The molecule has 1 atom stereocenters. The molecule has 1 aromatic rings. The second-order valence-corrected chi connectivity index (χ2v) is 4.52. The van der Waals surface area contributed by atoms with Crippen molar-refractivity contribution in [3.8, 4) is 0 Å². The van der Waals surface area contributed by atoms with E-state index >= 15 is 0 Å². The van der Waals surface area contributed by atoms with Crippen molar-refractivity contribution in [1.82, 2.24) is 0 Å². The topological polar surface area (TPSA) is 17.1 Å². The van der Waals surface area contributed by atoms with Crippen molar-refractivity contribution in [1.29, 1.82) is 0 Å². The van der Waals surface area contributed by atoms with Gasteiger partial charge in [0.2, 0.25) is 0 Å². The SMILES string of the molecule is CCC(C)CC(=O)Cc1cccc(F)c1Cl. The van der Waals surface area contributed by atoms with Gasteiger partial charge in [0.15, 0.2) is 0 Å². The first-order valence-electron chi connectivity index (χ1n) is 5.49. The van der Waals surface area contributed by atoms with Crippen molar-refractivity contribution < 1.29 is 9.18 Å². The van der Waals surface area contributed by atoms with Crippen molar-refractivity contribution >= 4 is 17.4 Å². The van der Waals surface area contributed by atoms with E-state index in [1.807, 2.05) is 13.8 Å². The third kappa shape index (κ3) is 3.60.